The number of methoxy groups -OCH3 is 1. The largest absolute Gasteiger partial charge is 0.496 e. The average Bonchev–Trinajstić information content (AvgIpc) is 2.88. The first-order valence-electron chi connectivity index (χ1n) is 11.4. The first kappa shape index (κ1) is 23.8. The first-order valence-corrected chi connectivity index (χ1v) is 11.4. The van der Waals surface area contributed by atoms with Crippen LogP contribution in [0.1, 0.15) is 47.6 Å². The molecule has 0 aliphatic carbocycles. The number of hydrogen-bond donors (Lipinski definition) is 1. The van der Waals surface area contributed by atoms with E-state index >= 15 is 0 Å². The van der Waals surface area contributed by atoms with E-state index in [0.717, 1.165) is 22.4 Å². The molecule has 2 aromatic carbocycles. The number of esters is 1. The third kappa shape index (κ3) is 4.69. The topological polar surface area (TPSA) is 93.5 Å². The van der Waals surface area contributed by atoms with E-state index < -0.39 is 11.9 Å². The lowest BCUT2D eigenvalue weighted by Gasteiger charge is -2.32. The van der Waals surface area contributed by atoms with Gasteiger partial charge in [-0.1, -0.05) is 36.4 Å². The second-order valence-electron chi connectivity index (χ2n) is 8.20. The lowest BCUT2D eigenvalue weighted by molar-refractivity contribution is -0.140. The van der Waals surface area contributed by atoms with Gasteiger partial charge in [0.05, 0.1) is 48.1 Å². The Bertz CT molecular complexity index is 1330. The van der Waals surface area contributed by atoms with Crippen molar-refractivity contribution in [1.82, 2.24) is 4.98 Å². The highest BCUT2D eigenvalue weighted by atomic mass is 16.5. The van der Waals surface area contributed by atoms with Gasteiger partial charge in [-0.05, 0) is 44.0 Å². The van der Waals surface area contributed by atoms with Crippen molar-refractivity contribution in [2.45, 2.75) is 33.3 Å². The van der Waals surface area contributed by atoms with E-state index in [1.165, 1.54) is 0 Å². The van der Waals surface area contributed by atoms with E-state index in [9.17, 15) is 10.1 Å². The molecular weight excluding hydrogens is 442 g/mol. The highest BCUT2D eigenvalue weighted by molar-refractivity contribution is 5.95. The molecule has 7 nitrogen and oxygen atoms in total. The Morgan fingerprint density at radius 3 is 2.63 bits per heavy atom. The predicted molar refractivity (Wildman–Crippen MR) is 132 cm³/mol. The number of benzene rings is 2. The van der Waals surface area contributed by atoms with Gasteiger partial charge in [0.25, 0.3) is 0 Å². The van der Waals surface area contributed by atoms with Crippen molar-refractivity contribution < 1.29 is 19.0 Å². The van der Waals surface area contributed by atoms with E-state index in [-0.39, 0.29) is 6.61 Å². The lowest BCUT2D eigenvalue weighted by Crippen LogP contribution is -2.26. The fraction of sp³-hybridized carbons (Fsp3) is 0.250. The van der Waals surface area contributed by atoms with Crippen molar-refractivity contribution >= 4 is 11.7 Å². The zero-order valence-corrected chi connectivity index (χ0v) is 20.2. The Labute approximate surface area is 205 Å². The summed E-state index contributed by atoms with van der Waals surface area (Å²) in [6.07, 6.45) is 1.75. The van der Waals surface area contributed by atoms with E-state index in [1.807, 2.05) is 57.2 Å². The molecule has 1 aromatic heterocycles. The van der Waals surface area contributed by atoms with Crippen LogP contribution in [0, 0.1) is 18.3 Å². The highest BCUT2D eigenvalue weighted by Crippen LogP contribution is 2.49. The summed E-state index contributed by atoms with van der Waals surface area (Å²) < 4.78 is 17.3. The molecule has 0 saturated heterocycles. The molecule has 0 saturated carbocycles. The molecule has 1 aliphatic rings. The number of ether oxygens (including phenoxy) is 3. The number of anilines is 1. The van der Waals surface area contributed by atoms with Gasteiger partial charge in [0.1, 0.15) is 12.4 Å². The molecule has 3 aromatic rings. The average molecular weight is 470 g/mol. The van der Waals surface area contributed by atoms with Gasteiger partial charge in [-0.2, -0.15) is 5.26 Å². The van der Waals surface area contributed by atoms with Gasteiger partial charge in [-0.15, -0.1) is 0 Å². The molecule has 1 atom stereocenters. The summed E-state index contributed by atoms with van der Waals surface area (Å²) in [6, 6.07) is 16.9. The lowest BCUT2D eigenvalue weighted by atomic mass is 9.79. The molecule has 0 bridgehead atoms. The first-order chi connectivity index (χ1) is 17.0. The summed E-state index contributed by atoms with van der Waals surface area (Å²) in [5.74, 6) is -0.110. The standard InChI is InChI=1S/C28H27N3O4/c1-5-34-27-25-24(21-12-11-20(14-29)13-22(21)33-4)23(18(3)31-26(25)17(2)15-30-27)28(32)35-16-19-9-7-6-8-10-19/h6-13,15,24,31H,5,16H2,1-4H3. The van der Waals surface area contributed by atoms with Crippen molar-refractivity contribution in [1.29, 1.82) is 5.26 Å². The van der Waals surface area contributed by atoms with Crippen LogP contribution in [0.4, 0.5) is 5.69 Å². The summed E-state index contributed by atoms with van der Waals surface area (Å²) in [5.41, 5.74) is 5.65. The Balaban J connectivity index is 1.88. The van der Waals surface area contributed by atoms with E-state index in [1.54, 1.807) is 25.4 Å². The maximum atomic E-state index is 13.6. The van der Waals surface area contributed by atoms with Crippen molar-refractivity contribution in [2.24, 2.45) is 0 Å². The van der Waals surface area contributed by atoms with Gasteiger partial charge in [0.2, 0.25) is 5.88 Å². The van der Waals surface area contributed by atoms with Gasteiger partial charge in [0, 0.05) is 17.5 Å². The Hall–Kier alpha value is -4.31. The fourth-order valence-electron chi connectivity index (χ4n) is 4.31. The number of pyridine rings is 1. The number of fused-ring (bicyclic) bond motifs is 1. The zero-order chi connectivity index (χ0) is 24.9. The van der Waals surface area contributed by atoms with Gasteiger partial charge >= 0.3 is 5.97 Å². The van der Waals surface area contributed by atoms with E-state index in [4.69, 9.17) is 14.2 Å². The molecular formula is C28H27N3O4. The summed E-state index contributed by atoms with van der Waals surface area (Å²) >= 11 is 0. The molecule has 2 heterocycles. The molecule has 0 radical (unpaired) electrons. The second kappa shape index (κ2) is 10.3. The molecule has 1 unspecified atom stereocenters. The van der Waals surface area contributed by atoms with Crippen LogP contribution in [0.3, 0.4) is 0 Å². The molecule has 1 N–H and O–H groups in total. The highest BCUT2D eigenvalue weighted by Gasteiger charge is 2.38. The van der Waals surface area contributed by atoms with E-state index in [2.05, 4.69) is 16.4 Å². The molecule has 7 heteroatoms. The molecule has 1 aliphatic heterocycles. The van der Waals surface area contributed by atoms with Crippen LogP contribution in [0.15, 0.2) is 66.0 Å². The van der Waals surface area contributed by atoms with Crippen molar-refractivity contribution in [3.63, 3.8) is 0 Å². The number of nitriles is 1. The minimum Gasteiger partial charge on any atom is -0.496 e. The normalized spacial score (nSPS) is 14.4. The quantitative estimate of drug-likeness (QED) is 0.473. The smallest absolute Gasteiger partial charge is 0.337 e. The van der Waals surface area contributed by atoms with Crippen LogP contribution in [0.5, 0.6) is 11.6 Å². The van der Waals surface area contributed by atoms with Crippen LogP contribution in [0.2, 0.25) is 0 Å². The van der Waals surface area contributed by atoms with Gasteiger partial charge in [-0.25, -0.2) is 9.78 Å². The second-order valence-corrected chi connectivity index (χ2v) is 8.20. The number of rotatable bonds is 7. The Morgan fingerprint density at radius 2 is 1.94 bits per heavy atom. The third-order valence-electron chi connectivity index (χ3n) is 5.95. The van der Waals surface area contributed by atoms with Crippen molar-refractivity contribution in [3.05, 3.63) is 93.8 Å². The molecule has 4 rings (SSSR count). The minimum absolute atomic E-state index is 0.144. The van der Waals surface area contributed by atoms with E-state index in [0.29, 0.717) is 40.6 Å². The third-order valence-corrected chi connectivity index (χ3v) is 5.95. The summed E-state index contributed by atoms with van der Waals surface area (Å²) in [4.78, 5) is 18.1. The van der Waals surface area contributed by atoms with Crippen LogP contribution in [-0.2, 0) is 16.1 Å². The molecule has 35 heavy (non-hydrogen) atoms. The number of nitrogens with zero attached hydrogens (tertiary/aromatic N) is 2. The number of carbonyl (C=O) groups excluding carboxylic acids is 1. The number of allylic oxidation sites excluding steroid dienone is 1. The Morgan fingerprint density at radius 1 is 1.17 bits per heavy atom. The summed E-state index contributed by atoms with van der Waals surface area (Å²) in [5, 5.41) is 12.8. The van der Waals surface area contributed by atoms with Crippen LogP contribution < -0.4 is 14.8 Å². The van der Waals surface area contributed by atoms with Gasteiger partial charge < -0.3 is 19.5 Å². The number of aryl methyl sites for hydroxylation is 1. The fourth-order valence-corrected chi connectivity index (χ4v) is 4.31. The summed E-state index contributed by atoms with van der Waals surface area (Å²) in [6.45, 7) is 6.25. The SMILES string of the molecule is CCOc1ncc(C)c2c1C(c1ccc(C#N)cc1OC)C(C(=O)OCc1ccccc1)=C(C)N2. The molecule has 0 amide bonds. The van der Waals surface area contributed by atoms with Crippen molar-refractivity contribution in [2.75, 3.05) is 19.0 Å². The molecule has 0 fully saturated rings. The molecule has 0 spiro atoms. The maximum Gasteiger partial charge on any atom is 0.337 e. The zero-order valence-electron chi connectivity index (χ0n) is 20.2. The van der Waals surface area contributed by atoms with Crippen molar-refractivity contribution in [3.8, 4) is 17.7 Å². The number of aromatic nitrogens is 1. The summed E-state index contributed by atoms with van der Waals surface area (Å²) in [7, 11) is 1.55. The maximum absolute atomic E-state index is 13.6. The Kier molecular flexibility index (Phi) is 7.02. The minimum atomic E-state index is -0.578. The van der Waals surface area contributed by atoms with Gasteiger partial charge in [0.15, 0.2) is 0 Å². The number of carbonyl (C=O) groups is 1. The van der Waals surface area contributed by atoms with Crippen LogP contribution in [-0.4, -0.2) is 24.7 Å². The number of nitrogens with one attached hydrogen (secondary N) is 1. The monoisotopic (exact) mass is 469 g/mol. The van der Waals surface area contributed by atoms with Gasteiger partial charge in [-0.3, -0.25) is 0 Å². The number of hydrogen-bond acceptors (Lipinski definition) is 7. The van der Waals surface area contributed by atoms with Crippen LogP contribution in [0.25, 0.3) is 0 Å². The molecule has 178 valence electrons. The predicted octanol–water partition coefficient (Wildman–Crippen LogP) is 5.24. The van der Waals surface area contributed by atoms with Crippen LogP contribution >= 0.6 is 0 Å².